The molecule has 3 aromatic heterocycles. The van der Waals surface area contributed by atoms with Crippen molar-refractivity contribution in [3.05, 3.63) is 90.3 Å². The molecule has 0 aliphatic heterocycles. The van der Waals surface area contributed by atoms with Crippen LogP contribution in [0.25, 0.3) is 0 Å². The first-order chi connectivity index (χ1) is 11.8. The zero-order valence-electron chi connectivity index (χ0n) is 13.7. The summed E-state index contributed by atoms with van der Waals surface area (Å²) in [7, 11) is 0. The Morgan fingerprint density at radius 3 is 0.920 bits per heavy atom. The molecule has 3 rings (SSSR count). The predicted molar refractivity (Wildman–Crippen MR) is 89.6 cm³/mol. The summed E-state index contributed by atoms with van der Waals surface area (Å²) in [5, 5.41) is 30.2. The molecule has 0 spiro atoms. The van der Waals surface area contributed by atoms with Crippen molar-refractivity contribution in [2.45, 2.75) is 19.8 Å². The SMILES string of the molecule is [In+3].[O-]Cc1ccccn1.[O-]Cc1ccccn1.[O-]Cc1ccccn1. The predicted octanol–water partition coefficient (Wildman–Crippen LogP) is -0.555. The van der Waals surface area contributed by atoms with E-state index in [0.717, 1.165) is 0 Å². The van der Waals surface area contributed by atoms with Gasteiger partial charge in [0.15, 0.2) is 0 Å². The molecule has 0 aliphatic rings. The van der Waals surface area contributed by atoms with Gasteiger partial charge in [-0.05, 0) is 36.4 Å². The molecule has 126 valence electrons. The van der Waals surface area contributed by atoms with E-state index >= 15 is 0 Å². The second-order valence-electron chi connectivity index (χ2n) is 4.40. The van der Waals surface area contributed by atoms with Gasteiger partial charge in [0.2, 0.25) is 0 Å². The third-order valence-electron chi connectivity index (χ3n) is 2.62. The van der Waals surface area contributed by atoms with Gasteiger partial charge in [0.05, 0.1) is 0 Å². The minimum absolute atomic E-state index is 0. The van der Waals surface area contributed by atoms with Gasteiger partial charge >= 0.3 is 25.8 Å². The summed E-state index contributed by atoms with van der Waals surface area (Å²) in [4.78, 5) is 11.4. The molecular formula is C18H18InN3O3. The van der Waals surface area contributed by atoms with E-state index in [0.29, 0.717) is 17.1 Å². The monoisotopic (exact) mass is 439 g/mol. The molecule has 7 heteroatoms. The summed E-state index contributed by atoms with van der Waals surface area (Å²) < 4.78 is 0. The molecule has 0 aliphatic carbocycles. The Balaban J connectivity index is 0.000000339. The Morgan fingerprint density at radius 2 is 0.800 bits per heavy atom. The van der Waals surface area contributed by atoms with Crippen molar-refractivity contribution >= 4 is 25.8 Å². The van der Waals surface area contributed by atoms with Crippen LogP contribution < -0.4 is 15.3 Å². The molecule has 0 radical (unpaired) electrons. The number of aromatic nitrogens is 3. The summed E-state index contributed by atoms with van der Waals surface area (Å²) in [6, 6.07) is 15.9. The average Bonchev–Trinajstić information content (AvgIpc) is 2.71. The molecule has 6 nitrogen and oxygen atoms in total. The number of hydrogen-bond acceptors (Lipinski definition) is 6. The maximum atomic E-state index is 10.1. The second-order valence-corrected chi connectivity index (χ2v) is 4.40. The summed E-state index contributed by atoms with van der Waals surface area (Å²) >= 11 is 0. The molecule has 0 atom stereocenters. The third-order valence-corrected chi connectivity index (χ3v) is 2.62. The van der Waals surface area contributed by atoms with Crippen molar-refractivity contribution in [2.75, 3.05) is 0 Å². The number of pyridine rings is 3. The number of hydrogen-bond donors (Lipinski definition) is 0. The van der Waals surface area contributed by atoms with Gasteiger partial charge in [0.25, 0.3) is 0 Å². The fourth-order valence-electron chi connectivity index (χ4n) is 1.45. The van der Waals surface area contributed by atoms with E-state index in [2.05, 4.69) is 15.0 Å². The molecule has 0 amide bonds. The molecule has 3 aromatic rings. The van der Waals surface area contributed by atoms with Crippen molar-refractivity contribution in [1.29, 1.82) is 0 Å². The minimum Gasteiger partial charge on any atom is -0.850 e. The first kappa shape index (κ1) is 23.2. The zero-order chi connectivity index (χ0) is 17.5. The van der Waals surface area contributed by atoms with E-state index in [-0.39, 0.29) is 45.7 Å². The molecule has 0 N–H and O–H groups in total. The average molecular weight is 439 g/mol. The largest absolute Gasteiger partial charge is 3.00 e. The van der Waals surface area contributed by atoms with Crippen LogP contribution in [0.5, 0.6) is 0 Å². The summed E-state index contributed by atoms with van der Waals surface area (Å²) in [6.45, 7) is -0.664. The topological polar surface area (TPSA) is 108 Å². The van der Waals surface area contributed by atoms with Crippen molar-refractivity contribution in [3.63, 3.8) is 0 Å². The summed E-state index contributed by atoms with van der Waals surface area (Å²) in [5.41, 5.74) is 1.81. The molecule has 0 unspecified atom stereocenters. The van der Waals surface area contributed by atoms with Crippen LogP contribution in [0.2, 0.25) is 0 Å². The van der Waals surface area contributed by atoms with Gasteiger partial charge in [-0.1, -0.05) is 38.0 Å². The Kier molecular flexibility index (Phi) is 14.6. The van der Waals surface area contributed by atoms with Crippen LogP contribution in [0.15, 0.2) is 73.2 Å². The third kappa shape index (κ3) is 11.4. The first-order valence-corrected chi connectivity index (χ1v) is 7.24. The van der Waals surface area contributed by atoms with Crippen LogP contribution in [-0.2, 0) is 19.8 Å². The van der Waals surface area contributed by atoms with Crippen molar-refractivity contribution in [2.24, 2.45) is 0 Å². The van der Waals surface area contributed by atoms with Gasteiger partial charge in [-0.3, -0.25) is 15.0 Å². The van der Waals surface area contributed by atoms with E-state index in [1.54, 1.807) is 73.2 Å². The smallest absolute Gasteiger partial charge is 0.850 e. The maximum absolute atomic E-state index is 10.1. The van der Waals surface area contributed by atoms with E-state index < -0.39 is 0 Å². The quantitative estimate of drug-likeness (QED) is 0.542. The normalized spacial score (nSPS) is 8.76. The maximum Gasteiger partial charge on any atom is 3.00 e. The van der Waals surface area contributed by atoms with Crippen molar-refractivity contribution in [1.82, 2.24) is 15.0 Å². The molecule has 0 bridgehead atoms. The molecule has 3 heterocycles. The van der Waals surface area contributed by atoms with Gasteiger partial charge in [-0.25, -0.2) is 0 Å². The van der Waals surface area contributed by atoms with Crippen LogP contribution in [0.1, 0.15) is 17.1 Å². The van der Waals surface area contributed by atoms with Crippen LogP contribution in [0.4, 0.5) is 0 Å². The molecule has 0 saturated carbocycles. The van der Waals surface area contributed by atoms with Crippen molar-refractivity contribution in [3.8, 4) is 0 Å². The van der Waals surface area contributed by atoms with Gasteiger partial charge < -0.3 is 15.3 Å². The van der Waals surface area contributed by atoms with Gasteiger partial charge in [0.1, 0.15) is 0 Å². The summed E-state index contributed by atoms with van der Waals surface area (Å²) in [6.07, 6.45) is 4.85. The number of rotatable bonds is 3. The van der Waals surface area contributed by atoms with E-state index in [1.807, 2.05) is 0 Å². The standard InChI is InChI=1S/3C6H6NO.In/c3*8-5-6-3-1-2-4-7-6;/h3*1-4H,5H2;/q3*-1;+3. The van der Waals surface area contributed by atoms with Crippen molar-refractivity contribution < 1.29 is 15.3 Å². The first-order valence-electron chi connectivity index (χ1n) is 7.24. The Morgan fingerprint density at radius 1 is 0.520 bits per heavy atom. The molecule has 0 fully saturated rings. The zero-order valence-corrected chi connectivity index (χ0v) is 17.0. The fraction of sp³-hybridized carbons (Fsp3) is 0.167. The second kappa shape index (κ2) is 15.7. The van der Waals surface area contributed by atoms with Gasteiger partial charge in [0, 0.05) is 35.7 Å². The van der Waals surface area contributed by atoms with E-state index in [1.165, 1.54) is 0 Å². The Hall–Kier alpha value is -1.80. The van der Waals surface area contributed by atoms with Gasteiger partial charge in [-0.2, -0.15) is 0 Å². The number of nitrogens with zero attached hydrogens (tertiary/aromatic N) is 3. The fourth-order valence-corrected chi connectivity index (χ4v) is 1.45. The van der Waals surface area contributed by atoms with E-state index in [4.69, 9.17) is 0 Å². The molecule has 25 heavy (non-hydrogen) atoms. The van der Waals surface area contributed by atoms with Crippen LogP contribution in [0, 0.1) is 0 Å². The Bertz CT molecular complexity index is 550. The van der Waals surface area contributed by atoms with Crippen LogP contribution >= 0.6 is 0 Å². The van der Waals surface area contributed by atoms with Crippen LogP contribution in [0.3, 0.4) is 0 Å². The van der Waals surface area contributed by atoms with E-state index in [9.17, 15) is 15.3 Å². The molecule has 0 aromatic carbocycles. The minimum atomic E-state index is -0.221. The molecule has 0 saturated heterocycles. The summed E-state index contributed by atoms with van der Waals surface area (Å²) in [5.74, 6) is 0. The van der Waals surface area contributed by atoms with Crippen LogP contribution in [-0.4, -0.2) is 40.8 Å². The Labute approximate surface area is 166 Å². The van der Waals surface area contributed by atoms with Gasteiger partial charge in [-0.15, -0.1) is 0 Å². The molecular weight excluding hydrogens is 421 g/mol.